The number of thiazole rings is 1. The predicted octanol–water partition coefficient (Wildman–Crippen LogP) is 1.97. The summed E-state index contributed by atoms with van der Waals surface area (Å²) in [7, 11) is 0. The lowest BCUT2D eigenvalue weighted by atomic mass is 9.96. The van der Waals surface area contributed by atoms with Crippen LogP contribution < -0.4 is 5.73 Å². The van der Waals surface area contributed by atoms with Crippen LogP contribution in [0.3, 0.4) is 0 Å². The number of rotatable bonds is 2. The fraction of sp³-hybridized carbons (Fsp3) is 0.750. The fourth-order valence-electron chi connectivity index (χ4n) is 1.93. The van der Waals surface area contributed by atoms with E-state index in [1.54, 1.807) is 0 Å². The minimum atomic E-state index is 0.220. The van der Waals surface area contributed by atoms with Crippen molar-refractivity contribution in [1.29, 1.82) is 0 Å². The third-order valence-electron chi connectivity index (χ3n) is 2.96. The number of aromatic nitrogens is 1. The molecule has 1 saturated heterocycles. The molecule has 1 atom stereocenters. The van der Waals surface area contributed by atoms with E-state index in [9.17, 15) is 0 Å². The van der Waals surface area contributed by atoms with Gasteiger partial charge < -0.3 is 5.73 Å². The van der Waals surface area contributed by atoms with Crippen LogP contribution in [-0.4, -0.2) is 29.0 Å². The van der Waals surface area contributed by atoms with Crippen LogP contribution in [0.2, 0.25) is 0 Å². The molecule has 90 valence electrons. The topological polar surface area (TPSA) is 42.2 Å². The summed E-state index contributed by atoms with van der Waals surface area (Å²) < 4.78 is 0. The zero-order chi connectivity index (χ0) is 11.8. The van der Waals surface area contributed by atoms with Crippen molar-refractivity contribution in [3.8, 4) is 0 Å². The monoisotopic (exact) mass is 239 g/mol. The lowest BCUT2D eigenvalue weighted by Gasteiger charge is -2.15. The first kappa shape index (κ1) is 12.0. The summed E-state index contributed by atoms with van der Waals surface area (Å²) in [5.41, 5.74) is 6.11. The minimum absolute atomic E-state index is 0.220. The molecule has 4 heteroatoms. The van der Waals surface area contributed by atoms with Crippen LogP contribution in [0, 0.1) is 0 Å². The van der Waals surface area contributed by atoms with Crippen molar-refractivity contribution in [1.82, 2.24) is 9.88 Å². The highest BCUT2D eigenvalue weighted by Gasteiger charge is 2.21. The second-order valence-corrected chi connectivity index (χ2v) is 6.77. The number of hydrogen-bond donors (Lipinski definition) is 1. The Morgan fingerprint density at radius 2 is 2.31 bits per heavy atom. The summed E-state index contributed by atoms with van der Waals surface area (Å²) >= 11 is 1.83. The molecule has 16 heavy (non-hydrogen) atoms. The zero-order valence-corrected chi connectivity index (χ0v) is 11.2. The summed E-state index contributed by atoms with van der Waals surface area (Å²) in [6, 6.07) is 0.363. The third kappa shape index (κ3) is 2.81. The van der Waals surface area contributed by atoms with Gasteiger partial charge in [-0.2, -0.15) is 0 Å². The number of likely N-dealkylation sites (tertiary alicyclic amines) is 1. The second kappa shape index (κ2) is 4.43. The molecular weight excluding hydrogens is 218 g/mol. The molecule has 2 heterocycles. The number of nitrogens with zero attached hydrogens (tertiary/aromatic N) is 2. The molecule has 0 unspecified atom stereocenters. The molecule has 1 aromatic rings. The second-order valence-electron chi connectivity index (χ2n) is 5.65. The zero-order valence-electron chi connectivity index (χ0n) is 10.4. The quantitative estimate of drug-likeness (QED) is 0.858. The van der Waals surface area contributed by atoms with Gasteiger partial charge in [0.05, 0.1) is 6.54 Å². The standard InChI is InChI=1S/C12H21N3S/c1-12(2,3)10-6-14-11(16-10)8-15-5-4-9(13)7-15/h6,9H,4-5,7-8,13H2,1-3H3/t9-/m0/s1. The Morgan fingerprint density at radius 3 is 2.81 bits per heavy atom. The summed E-state index contributed by atoms with van der Waals surface area (Å²) in [5, 5.41) is 1.22. The van der Waals surface area contributed by atoms with Gasteiger partial charge in [-0.05, 0) is 11.8 Å². The third-order valence-corrected chi connectivity index (χ3v) is 4.37. The molecular formula is C12H21N3S. The molecule has 2 rings (SSSR count). The van der Waals surface area contributed by atoms with Gasteiger partial charge in [0.15, 0.2) is 0 Å². The molecule has 0 spiro atoms. The van der Waals surface area contributed by atoms with Gasteiger partial charge in [0.25, 0.3) is 0 Å². The van der Waals surface area contributed by atoms with E-state index in [4.69, 9.17) is 5.73 Å². The highest BCUT2D eigenvalue weighted by molar-refractivity contribution is 7.11. The lowest BCUT2D eigenvalue weighted by molar-refractivity contribution is 0.326. The Kier molecular flexibility index (Phi) is 3.33. The molecule has 0 saturated carbocycles. The van der Waals surface area contributed by atoms with E-state index in [1.165, 1.54) is 9.88 Å². The molecule has 1 aromatic heterocycles. The van der Waals surface area contributed by atoms with E-state index in [1.807, 2.05) is 17.5 Å². The maximum atomic E-state index is 5.89. The summed E-state index contributed by atoms with van der Waals surface area (Å²) in [6.07, 6.45) is 3.15. The average Bonchev–Trinajstić information content (AvgIpc) is 2.74. The summed E-state index contributed by atoms with van der Waals surface area (Å²) in [5.74, 6) is 0. The van der Waals surface area contributed by atoms with Gasteiger partial charge in [-0.3, -0.25) is 4.90 Å². The molecule has 0 radical (unpaired) electrons. The molecule has 0 aromatic carbocycles. The van der Waals surface area contributed by atoms with Crippen LogP contribution in [0.15, 0.2) is 6.20 Å². The average molecular weight is 239 g/mol. The molecule has 1 aliphatic heterocycles. The van der Waals surface area contributed by atoms with Crippen LogP contribution in [0.1, 0.15) is 37.1 Å². The maximum Gasteiger partial charge on any atom is 0.107 e. The Balaban J connectivity index is 1.98. The molecule has 2 N–H and O–H groups in total. The van der Waals surface area contributed by atoms with E-state index in [-0.39, 0.29) is 5.41 Å². The van der Waals surface area contributed by atoms with Crippen molar-refractivity contribution in [2.24, 2.45) is 5.73 Å². The molecule has 1 fully saturated rings. The minimum Gasteiger partial charge on any atom is -0.326 e. The van der Waals surface area contributed by atoms with Crippen LogP contribution in [-0.2, 0) is 12.0 Å². The molecule has 0 aliphatic carbocycles. The van der Waals surface area contributed by atoms with Crippen molar-refractivity contribution in [2.45, 2.75) is 45.2 Å². The molecule has 1 aliphatic rings. The first-order valence-corrected chi connectivity index (χ1v) is 6.70. The molecule has 0 bridgehead atoms. The summed E-state index contributed by atoms with van der Waals surface area (Å²) in [4.78, 5) is 8.27. The van der Waals surface area contributed by atoms with E-state index >= 15 is 0 Å². The highest BCUT2D eigenvalue weighted by atomic mass is 32.1. The van der Waals surface area contributed by atoms with Gasteiger partial charge in [-0.1, -0.05) is 20.8 Å². The first-order chi connectivity index (χ1) is 7.45. The Hall–Kier alpha value is -0.450. The van der Waals surface area contributed by atoms with Gasteiger partial charge in [0.2, 0.25) is 0 Å². The van der Waals surface area contributed by atoms with Gasteiger partial charge in [0, 0.05) is 30.2 Å². The van der Waals surface area contributed by atoms with Crippen molar-refractivity contribution in [2.75, 3.05) is 13.1 Å². The van der Waals surface area contributed by atoms with Crippen molar-refractivity contribution >= 4 is 11.3 Å². The molecule has 3 nitrogen and oxygen atoms in total. The van der Waals surface area contributed by atoms with Gasteiger partial charge in [-0.25, -0.2) is 4.98 Å². The number of hydrogen-bond acceptors (Lipinski definition) is 4. The van der Waals surface area contributed by atoms with Crippen molar-refractivity contribution in [3.05, 3.63) is 16.1 Å². The fourth-order valence-corrected chi connectivity index (χ4v) is 2.95. The van der Waals surface area contributed by atoms with Crippen LogP contribution in [0.25, 0.3) is 0 Å². The van der Waals surface area contributed by atoms with E-state index < -0.39 is 0 Å². The van der Waals surface area contributed by atoms with Crippen LogP contribution >= 0.6 is 11.3 Å². The Morgan fingerprint density at radius 1 is 1.56 bits per heavy atom. The Labute approximate surface area is 102 Å². The smallest absolute Gasteiger partial charge is 0.107 e. The van der Waals surface area contributed by atoms with E-state index in [0.717, 1.165) is 26.1 Å². The SMILES string of the molecule is CC(C)(C)c1cnc(CN2CC[C@H](N)C2)s1. The highest BCUT2D eigenvalue weighted by Crippen LogP contribution is 2.28. The first-order valence-electron chi connectivity index (χ1n) is 5.88. The number of nitrogens with two attached hydrogens (primary N) is 1. The van der Waals surface area contributed by atoms with Crippen molar-refractivity contribution < 1.29 is 0 Å². The van der Waals surface area contributed by atoms with E-state index in [0.29, 0.717) is 6.04 Å². The van der Waals surface area contributed by atoms with E-state index in [2.05, 4.69) is 30.7 Å². The van der Waals surface area contributed by atoms with Gasteiger partial charge in [-0.15, -0.1) is 11.3 Å². The van der Waals surface area contributed by atoms with Crippen LogP contribution in [0.4, 0.5) is 0 Å². The normalized spacial score (nSPS) is 22.9. The lowest BCUT2D eigenvalue weighted by Crippen LogP contribution is -2.26. The largest absolute Gasteiger partial charge is 0.326 e. The maximum absolute atomic E-state index is 5.89. The van der Waals surface area contributed by atoms with Crippen LogP contribution in [0.5, 0.6) is 0 Å². The van der Waals surface area contributed by atoms with Crippen molar-refractivity contribution in [3.63, 3.8) is 0 Å². The van der Waals surface area contributed by atoms with Gasteiger partial charge >= 0.3 is 0 Å². The summed E-state index contributed by atoms with van der Waals surface area (Å²) in [6.45, 7) is 9.80. The predicted molar refractivity (Wildman–Crippen MR) is 68.7 cm³/mol. The van der Waals surface area contributed by atoms with Gasteiger partial charge in [0.1, 0.15) is 5.01 Å². The molecule has 0 amide bonds. The Bertz CT molecular complexity index is 353.